The lowest BCUT2D eigenvalue weighted by molar-refractivity contribution is 0.586. The summed E-state index contributed by atoms with van der Waals surface area (Å²) in [5.41, 5.74) is 6.53. The molecule has 0 aliphatic heterocycles. The standard InChI is InChI=1S/C15H20N4O2S/c1-9-6-10(2)14(11(3)7-9)22(20,21)19-18-15-16-12(4)8-13(5)17-15/h6-8,19H,1-5H3,(H,16,17,18). The first kappa shape index (κ1) is 16.4. The van der Waals surface area contributed by atoms with Crippen LogP contribution in [0.15, 0.2) is 23.1 Å². The molecule has 2 rings (SSSR count). The van der Waals surface area contributed by atoms with E-state index in [1.54, 1.807) is 13.8 Å². The fourth-order valence-electron chi connectivity index (χ4n) is 2.54. The predicted octanol–water partition coefficient (Wildman–Crippen LogP) is 2.32. The van der Waals surface area contributed by atoms with Crippen LogP contribution in [0.5, 0.6) is 0 Å². The smallest absolute Gasteiger partial charge is 0.257 e. The molecular weight excluding hydrogens is 300 g/mol. The number of nitrogens with zero attached hydrogens (tertiary/aromatic N) is 2. The summed E-state index contributed by atoms with van der Waals surface area (Å²) < 4.78 is 25.0. The SMILES string of the molecule is Cc1cc(C)c(S(=O)(=O)NNc2nc(C)cc(C)n2)c(C)c1. The van der Waals surface area contributed by atoms with E-state index in [0.29, 0.717) is 11.1 Å². The van der Waals surface area contributed by atoms with Gasteiger partial charge in [-0.15, -0.1) is 4.83 Å². The Balaban J connectivity index is 2.29. The molecule has 118 valence electrons. The van der Waals surface area contributed by atoms with Gasteiger partial charge in [-0.05, 0) is 51.8 Å². The molecule has 6 nitrogen and oxygen atoms in total. The van der Waals surface area contributed by atoms with E-state index in [9.17, 15) is 8.42 Å². The Hall–Kier alpha value is -1.99. The van der Waals surface area contributed by atoms with Gasteiger partial charge in [-0.25, -0.2) is 18.4 Å². The van der Waals surface area contributed by atoms with E-state index >= 15 is 0 Å². The fourth-order valence-corrected chi connectivity index (χ4v) is 3.83. The van der Waals surface area contributed by atoms with Crippen molar-refractivity contribution >= 4 is 16.0 Å². The van der Waals surface area contributed by atoms with Crippen LogP contribution in [0, 0.1) is 34.6 Å². The first-order valence-electron chi connectivity index (χ1n) is 6.87. The number of benzene rings is 1. The van der Waals surface area contributed by atoms with Crippen molar-refractivity contribution < 1.29 is 8.42 Å². The zero-order valence-corrected chi connectivity index (χ0v) is 14.2. The maximum atomic E-state index is 12.5. The summed E-state index contributed by atoms with van der Waals surface area (Å²) in [6, 6.07) is 5.50. The second-order valence-electron chi connectivity index (χ2n) is 5.43. The van der Waals surface area contributed by atoms with Crippen LogP contribution in [0.1, 0.15) is 28.1 Å². The highest BCUT2D eigenvalue weighted by Gasteiger charge is 2.20. The normalized spacial score (nSPS) is 11.5. The second-order valence-corrected chi connectivity index (χ2v) is 7.05. The van der Waals surface area contributed by atoms with Gasteiger partial charge in [0.05, 0.1) is 4.90 Å². The molecule has 0 saturated carbocycles. The Morgan fingerprint density at radius 1 is 0.864 bits per heavy atom. The zero-order valence-electron chi connectivity index (χ0n) is 13.4. The zero-order chi connectivity index (χ0) is 16.5. The summed E-state index contributed by atoms with van der Waals surface area (Å²) in [6.45, 7) is 9.14. The Morgan fingerprint density at radius 2 is 1.36 bits per heavy atom. The van der Waals surface area contributed by atoms with E-state index in [0.717, 1.165) is 17.0 Å². The number of hydrogen-bond acceptors (Lipinski definition) is 5. The van der Waals surface area contributed by atoms with Gasteiger partial charge in [0.2, 0.25) is 5.95 Å². The molecule has 1 aromatic carbocycles. The molecule has 0 aliphatic rings. The highest BCUT2D eigenvalue weighted by molar-refractivity contribution is 7.89. The number of aromatic nitrogens is 2. The van der Waals surface area contributed by atoms with Crippen LogP contribution in [0.2, 0.25) is 0 Å². The van der Waals surface area contributed by atoms with Crippen molar-refractivity contribution in [2.75, 3.05) is 5.43 Å². The highest BCUT2D eigenvalue weighted by Crippen LogP contribution is 2.21. The molecule has 1 aromatic heterocycles. The maximum Gasteiger partial charge on any atom is 0.257 e. The average Bonchev–Trinajstić information content (AvgIpc) is 2.33. The lowest BCUT2D eigenvalue weighted by atomic mass is 10.1. The van der Waals surface area contributed by atoms with E-state index in [-0.39, 0.29) is 10.8 Å². The quantitative estimate of drug-likeness (QED) is 0.845. The molecule has 0 aliphatic carbocycles. The lowest BCUT2D eigenvalue weighted by Crippen LogP contribution is -2.31. The molecule has 0 radical (unpaired) electrons. The van der Waals surface area contributed by atoms with Crippen LogP contribution in [0.3, 0.4) is 0 Å². The first-order valence-corrected chi connectivity index (χ1v) is 8.35. The minimum absolute atomic E-state index is 0.225. The molecule has 0 fully saturated rings. The van der Waals surface area contributed by atoms with E-state index in [2.05, 4.69) is 20.2 Å². The molecule has 0 saturated heterocycles. The Labute approximate surface area is 131 Å². The van der Waals surface area contributed by atoms with Crippen LogP contribution in [-0.4, -0.2) is 18.4 Å². The summed E-state index contributed by atoms with van der Waals surface area (Å²) in [5, 5.41) is 0. The summed E-state index contributed by atoms with van der Waals surface area (Å²) >= 11 is 0. The average molecular weight is 320 g/mol. The van der Waals surface area contributed by atoms with Crippen LogP contribution < -0.4 is 10.3 Å². The molecular formula is C15H20N4O2S. The minimum Gasteiger partial charge on any atom is -0.276 e. The number of rotatable bonds is 4. The summed E-state index contributed by atoms with van der Waals surface area (Å²) in [6.07, 6.45) is 0. The number of sulfonamides is 1. The lowest BCUT2D eigenvalue weighted by Gasteiger charge is -2.14. The minimum atomic E-state index is -3.70. The Bertz CT molecular complexity index is 773. The third-order valence-electron chi connectivity index (χ3n) is 3.15. The van der Waals surface area contributed by atoms with Crippen LogP contribution in [-0.2, 0) is 10.0 Å². The molecule has 0 amide bonds. The van der Waals surface area contributed by atoms with Gasteiger partial charge in [-0.2, -0.15) is 0 Å². The molecule has 2 aromatic rings. The first-order chi connectivity index (χ1) is 10.2. The van der Waals surface area contributed by atoms with Gasteiger partial charge in [-0.1, -0.05) is 17.7 Å². The molecule has 0 atom stereocenters. The van der Waals surface area contributed by atoms with Crippen molar-refractivity contribution in [3.63, 3.8) is 0 Å². The van der Waals surface area contributed by atoms with Crippen molar-refractivity contribution in [2.24, 2.45) is 0 Å². The third kappa shape index (κ3) is 3.61. The number of aryl methyl sites for hydroxylation is 5. The number of nitrogens with one attached hydrogen (secondary N) is 2. The van der Waals surface area contributed by atoms with Gasteiger partial charge in [-0.3, -0.25) is 5.43 Å². The highest BCUT2D eigenvalue weighted by atomic mass is 32.2. The monoisotopic (exact) mass is 320 g/mol. The molecule has 1 heterocycles. The molecule has 2 N–H and O–H groups in total. The molecule has 0 spiro atoms. The van der Waals surface area contributed by atoms with Gasteiger partial charge in [0.1, 0.15) is 0 Å². The number of hydrazine groups is 1. The van der Waals surface area contributed by atoms with Gasteiger partial charge >= 0.3 is 0 Å². The van der Waals surface area contributed by atoms with E-state index in [1.807, 2.05) is 39.0 Å². The van der Waals surface area contributed by atoms with Crippen molar-refractivity contribution in [1.29, 1.82) is 0 Å². The Morgan fingerprint density at radius 3 is 1.86 bits per heavy atom. The Kier molecular flexibility index (Phi) is 4.48. The number of anilines is 1. The summed E-state index contributed by atoms with van der Waals surface area (Å²) in [4.78, 5) is 10.9. The van der Waals surface area contributed by atoms with Gasteiger partial charge in [0.15, 0.2) is 0 Å². The second kappa shape index (κ2) is 6.02. The number of hydrogen-bond donors (Lipinski definition) is 2. The van der Waals surface area contributed by atoms with E-state index in [1.165, 1.54) is 0 Å². The van der Waals surface area contributed by atoms with Gasteiger partial charge in [0, 0.05) is 11.4 Å². The third-order valence-corrected chi connectivity index (χ3v) is 4.71. The molecule has 0 bridgehead atoms. The van der Waals surface area contributed by atoms with Crippen LogP contribution in [0.4, 0.5) is 5.95 Å². The van der Waals surface area contributed by atoms with Crippen molar-refractivity contribution in [3.8, 4) is 0 Å². The van der Waals surface area contributed by atoms with Crippen LogP contribution >= 0.6 is 0 Å². The summed E-state index contributed by atoms with van der Waals surface area (Å²) in [5.74, 6) is 0.225. The molecule has 7 heteroatoms. The summed E-state index contributed by atoms with van der Waals surface area (Å²) in [7, 11) is -3.70. The van der Waals surface area contributed by atoms with E-state index < -0.39 is 10.0 Å². The van der Waals surface area contributed by atoms with Gasteiger partial charge in [0.25, 0.3) is 10.0 Å². The van der Waals surface area contributed by atoms with Crippen molar-refractivity contribution in [2.45, 2.75) is 39.5 Å². The predicted molar refractivity (Wildman–Crippen MR) is 86.1 cm³/mol. The maximum absolute atomic E-state index is 12.5. The fraction of sp³-hybridized carbons (Fsp3) is 0.333. The van der Waals surface area contributed by atoms with Gasteiger partial charge < -0.3 is 0 Å². The molecule has 22 heavy (non-hydrogen) atoms. The van der Waals surface area contributed by atoms with Crippen molar-refractivity contribution in [3.05, 3.63) is 46.3 Å². The topological polar surface area (TPSA) is 84.0 Å². The largest absolute Gasteiger partial charge is 0.276 e. The van der Waals surface area contributed by atoms with E-state index in [4.69, 9.17) is 0 Å². The van der Waals surface area contributed by atoms with Crippen LogP contribution in [0.25, 0.3) is 0 Å². The van der Waals surface area contributed by atoms with Crippen molar-refractivity contribution in [1.82, 2.24) is 14.8 Å². The molecule has 0 unspecified atom stereocenters.